The molecule has 130 valence electrons. The number of piperazine rings is 1. The highest BCUT2D eigenvalue weighted by molar-refractivity contribution is 5.93. The van der Waals surface area contributed by atoms with Gasteiger partial charge in [0, 0.05) is 38.4 Å². The number of carbonyl (C=O) groups is 1. The van der Waals surface area contributed by atoms with Crippen molar-refractivity contribution in [3.05, 3.63) is 35.7 Å². The van der Waals surface area contributed by atoms with E-state index >= 15 is 0 Å². The van der Waals surface area contributed by atoms with Gasteiger partial charge in [0.2, 0.25) is 11.8 Å². The Morgan fingerprint density at radius 2 is 2.12 bits per heavy atom. The summed E-state index contributed by atoms with van der Waals surface area (Å²) in [5.74, 6) is 1.11. The average molecular weight is 340 g/mol. The van der Waals surface area contributed by atoms with Gasteiger partial charge in [-0.2, -0.15) is 5.26 Å². The van der Waals surface area contributed by atoms with Crippen LogP contribution in [0.15, 0.2) is 28.9 Å². The van der Waals surface area contributed by atoms with Crippen LogP contribution in [0.5, 0.6) is 0 Å². The summed E-state index contributed by atoms with van der Waals surface area (Å²) in [5.41, 5.74) is 1.28. The van der Waals surface area contributed by atoms with Gasteiger partial charge in [-0.05, 0) is 26.0 Å². The predicted octanol–water partition coefficient (Wildman–Crippen LogP) is 1.40. The van der Waals surface area contributed by atoms with E-state index in [0.29, 0.717) is 11.4 Å². The van der Waals surface area contributed by atoms with Gasteiger partial charge in [0.15, 0.2) is 0 Å². The summed E-state index contributed by atoms with van der Waals surface area (Å²) in [6.07, 6.45) is 1.58. The molecular formula is C17H20N6O2. The zero-order chi connectivity index (χ0) is 17.8. The molecule has 1 fully saturated rings. The Bertz CT molecular complexity index is 771. The molecule has 1 amide bonds. The lowest BCUT2D eigenvalue weighted by Gasteiger charge is -2.37. The lowest BCUT2D eigenvalue weighted by molar-refractivity contribution is -0.121. The third-order valence-corrected chi connectivity index (χ3v) is 4.32. The molecule has 8 heteroatoms. The van der Waals surface area contributed by atoms with Crippen LogP contribution in [0, 0.1) is 18.3 Å². The van der Waals surface area contributed by atoms with Gasteiger partial charge < -0.3 is 9.42 Å². The minimum atomic E-state index is -0.263. The average Bonchev–Trinajstić information content (AvgIpc) is 3.06. The molecule has 0 aromatic carbocycles. The normalized spacial score (nSPS) is 16.3. The van der Waals surface area contributed by atoms with Crippen LogP contribution in [0.1, 0.15) is 18.2 Å². The zero-order valence-electron chi connectivity index (χ0n) is 14.3. The van der Waals surface area contributed by atoms with Crippen molar-refractivity contribution in [2.75, 3.05) is 36.4 Å². The standard InChI is InChI=1S/C17H20N6O2/c1-12-9-16(25-21-12)20-17(24)13(2)22-5-7-23(8-6-22)15-4-3-14(10-18)11-19-15/h3-4,9,11,13H,5-8H2,1-2H3,(H,20,24). The number of anilines is 2. The summed E-state index contributed by atoms with van der Waals surface area (Å²) in [6.45, 7) is 6.75. The second kappa shape index (κ2) is 7.32. The monoisotopic (exact) mass is 340 g/mol. The van der Waals surface area contributed by atoms with Gasteiger partial charge in [0.25, 0.3) is 0 Å². The lowest BCUT2D eigenvalue weighted by atomic mass is 10.2. The van der Waals surface area contributed by atoms with Crippen LogP contribution in [0.25, 0.3) is 0 Å². The first-order chi connectivity index (χ1) is 12.1. The van der Waals surface area contributed by atoms with Crippen LogP contribution in [0.3, 0.4) is 0 Å². The molecule has 1 saturated heterocycles. The van der Waals surface area contributed by atoms with Gasteiger partial charge in [-0.3, -0.25) is 15.0 Å². The van der Waals surface area contributed by atoms with Gasteiger partial charge in [0.1, 0.15) is 11.9 Å². The van der Waals surface area contributed by atoms with Crippen LogP contribution in [-0.2, 0) is 4.79 Å². The summed E-state index contributed by atoms with van der Waals surface area (Å²) >= 11 is 0. The highest BCUT2D eigenvalue weighted by atomic mass is 16.5. The minimum Gasteiger partial charge on any atom is -0.354 e. The van der Waals surface area contributed by atoms with Crippen molar-refractivity contribution in [3.8, 4) is 6.07 Å². The summed E-state index contributed by atoms with van der Waals surface area (Å²) in [6, 6.07) is 7.12. The highest BCUT2D eigenvalue weighted by Crippen LogP contribution is 2.16. The molecule has 0 aliphatic carbocycles. The maximum absolute atomic E-state index is 12.3. The van der Waals surface area contributed by atoms with Crippen LogP contribution < -0.4 is 10.2 Å². The number of nitrogens with zero attached hydrogens (tertiary/aromatic N) is 5. The Kier molecular flexibility index (Phi) is 4.95. The SMILES string of the molecule is Cc1cc(NC(=O)C(C)N2CCN(c3ccc(C#N)cn3)CC2)on1. The fourth-order valence-corrected chi connectivity index (χ4v) is 2.79. The van der Waals surface area contributed by atoms with Crippen LogP contribution in [-0.4, -0.2) is 53.2 Å². The maximum atomic E-state index is 12.3. The number of amides is 1. The number of nitriles is 1. The van der Waals surface area contributed by atoms with Crippen LogP contribution in [0.2, 0.25) is 0 Å². The van der Waals surface area contributed by atoms with E-state index in [1.54, 1.807) is 25.3 Å². The summed E-state index contributed by atoms with van der Waals surface area (Å²) < 4.78 is 5.03. The van der Waals surface area contributed by atoms with E-state index in [0.717, 1.165) is 37.7 Å². The molecule has 3 heterocycles. The Balaban J connectivity index is 1.54. The molecule has 2 aromatic heterocycles. The largest absolute Gasteiger partial charge is 0.354 e. The molecule has 3 rings (SSSR count). The number of carbonyl (C=O) groups excluding carboxylic acids is 1. The number of pyridine rings is 1. The van der Waals surface area contributed by atoms with Crippen molar-refractivity contribution < 1.29 is 9.32 Å². The van der Waals surface area contributed by atoms with Gasteiger partial charge >= 0.3 is 0 Å². The number of aromatic nitrogens is 2. The molecule has 0 radical (unpaired) electrons. The van der Waals surface area contributed by atoms with E-state index in [4.69, 9.17) is 9.78 Å². The van der Waals surface area contributed by atoms with Crippen molar-refractivity contribution in [2.24, 2.45) is 0 Å². The molecule has 2 aromatic rings. The number of hydrogen-bond acceptors (Lipinski definition) is 7. The molecule has 0 saturated carbocycles. The van der Waals surface area contributed by atoms with Crippen molar-refractivity contribution in [1.29, 1.82) is 5.26 Å². The van der Waals surface area contributed by atoms with Crippen molar-refractivity contribution in [2.45, 2.75) is 19.9 Å². The first-order valence-corrected chi connectivity index (χ1v) is 8.16. The predicted molar refractivity (Wildman–Crippen MR) is 92.1 cm³/mol. The third kappa shape index (κ3) is 3.95. The van der Waals surface area contributed by atoms with Crippen molar-refractivity contribution in [1.82, 2.24) is 15.0 Å². The van der Waals surface area contributed by atoms with Gasteiger partial charge in [-0.25, -0.2) is 4.98 Å². The number of aryl methyl sites for hydroxylation is 1. The summed E-state index contributed by atoms with van der Waals surface area (Å²) in [5, 5.41) is 15.3. The second-order valence-corrected chi connectivity index (χ2v) is 6.04. The zero-order valence-corrected chi connectivity index (χ0v) is 14.3. The quantitative estimate of drug-likeness (QED) is 0.898. The number of rotatable bonds is 4. The highest BCUT2D eigenvalue weighted by Gasteiger charge is 2.26. The second-order valence-electron chi connectivity index (χ2n) is 6.04. The third-order valence-electron chi connectivity index (χ3n) is 4.32. The van der Waals surface area contributed by atoms with Crippen LogP contribution >= 0.6 is 0 Å². The van der Waals surface area contributed by atoms with Crippen LogP contribution in [0.4, 0.5) is 11.7 Å². The molecule has 0 bridgehead atoms. The van der Waals surface area contributed by atoms with E-state index < -0.39 is 0 Å². The number of hydrogen-bond donors (Lipinski definition) is 1. The molecule has 25 heavy (non-hydrogen) atoms. The molecular weight excluding hydrogens is 320 g/mol. The smallest absolute Gasteiger partial charge is 0.243 e. The van der Waals surface area contributed by atoms with E-state index in [1.165, 1.54) is 0 Å². The Labute approximate surface area is 146 Å². The van der Waals surface area contributed by atoms with Gasteiger partial charge in [-0.1, -0.05) is 5.16 Å². The van der Waals surface area contributed by atoms with Gasteiger partial charge in [-0.15, -0.1) is 0 Å². The summed E-state index contributed by atoms with van der Waals surface area (Å²) in [4.78, 5) is 20.9. The summed E-state index contributed by atoms with van der Waals surface area (Å²) in [7, 11) is 0. The number of nitrogens with one attached hydrogen (secondary N) is 1. The molecule has 1 N–H and O–H groups in total. The molecule has 1 atom stereocenters. The van der Waals surface area contributed by atoms with Gasteiger partial charge in [0.05, 0.1) is 17.3 Å². The van der Waals surface area contributed by atoms with E-state index in [9.17, 15) is 4.79 Å². The molecule has 1 aliphatic heterocycles. The fourth-order valence-electron chi connectivity index (χ4n) is 2.79. The first kappa shape index (κ1) is 16.9. The molecule has 0 spiro atoms. The topological polar surface area (TPSA) is 98.3 Å². The minimum absolute atomic E-state index is 0.110. The first-order valence-electron chi connectivity index (χ1n) is 8.16. The van der Waals surface area contributed by atoms with Crippen molar-refractivity contribution >= 4 is 17.6 Å². The fraction of sp³-hybridized carbons (Fsp3) is 0.412. The van der Waals surface area contributed by atoms with E-state index in [2.05, 4.69) is 31.3 Å². The van der Waals surface area contributed by atoms with E-state index in [1.807, 2.05) is 13.0 Å². The Hall–Kier alpha value is -2.92. The molecule has 1 aliphatic rings. The Morgan fingerprint density at radius 1 is 1.36 bits per heavy atom. The molecule has 1 unspecified atom stereocenters. The Morgan fingerprint density at radius 3 is 2.68 bits per heavy atom. The van der Waals surface area contributed by atoms with E-state index in [-0.39, 0.29) is 11.9 Å². The van der Waals surface area contributed by atoms with Crippen molar-refractivity contribution in [3.63, 3.8) is 0 Å². The maximum Gasteiger partial charge on any atom is 0.243 e. The lowest BCUT2D eigenvalue weighted by Crippen LogP contribution is -2.53. The molecule has 8 nitrogen and oxygen atoms in total.